The first-order valence-corrected chi connectivity index (χ1v) is 6.92. The summed E-state index contributed by atoms with van der Waals surface area (Å²) in [6.45, 7) is 1.84. The quantitative estimate of drug-likeness (QED) is 0.789. The average Bonchev–Trinajstić information content (AvgIpc) is 2.39. The monoisotopic (exact) mass is 358 g/mol. The number of aromatic nitrogens is 1. The molecule has 0 aliphatic carbocycles. The molecule has 98 valence electrons. The summed E-state index contributed by atoms with van der Waals surface area (Å²) in [5.41, 5.74) is 1.52. The summed E-state index contributed by atoms with van der Waals surface area (Å²) in [6.07, 6.45) is 0. The molecule has 0 saturated heterocycles. The molecule has 3 nitrogen and oxygen atoms in total. The third kappa shape index (κ3) is 3.26. The van der Waals surface area contributed by atoms with Crippen molar-refractivity contribution in [2.45, 2.75) is 6.92 Å². The van der Waals surface area contributed by atoms with Gasteiger partial charge in [-0.1, -0.05) is 35.3 Å². The van der Waals surface area contributed by atoms with Crippen LogP contribution in [0.1, 0.15) is 16.1 Å². The second kappa shape index (κ2) is 5.90. The van der Waals surface area contributed by atoms with Crippen molar-refractivity contribution in [2.75, 3.05) is 5.32 Å². The minimum absolute atomic E-state index is 0.281. The van der Waals surface area contributed by atoms with Crippen molar-refractivity contribution in [1.82, 2.24) is 4.98 Å². The SMILES string of the molecule is Cc1ccc(Cl)c(NC(=O)c2cccc(Br)n2)c1Cl. The molecule has 0 atom stereocenters. The maximum Gasteiger partial charge on any atom is 0.274 e. The van der Waals surface area contributed by atoms with Gasteiger partial charge in [0, 0.05) is 0 Å². The number of carbonyl (C=O) groups excluding carboxylic acids is 1. The van der Waals surface area contributed by atoms with Gasteiger partial charge in [0.05, 0.1) is 15.7 Å². The van der Waals surface area contributed by atoms with Crippen LogP contribution in [-0.2, 0) is 0 Å². The third-order valence-corrected chi connectivity index (χ3v) is 3.71. The van der Waals surface area contributed by atoms with Gasteiger partial charge in [-0.25, -0.2) is 4.98 Å². The minimum Gasteiger partial charge on any atom is -0.318 e. The standard InChI is InChI=1S/C13H9BrCl2N2O/c1-7-5-6-8(15)12(11(7)16)18-13(19)9-3-2-4-10(14)17-9/h2-6H,1H3,(H,18,19). The molecule has 0 saturated carbocycles. The van der Waals surface area contributed by atoms with Crippen LogP contribution >= 0.6 is 39.1 Å². The molecule has 0 aliphatic heterocycles. The molecule has 6 heteroatoms. The average molecular weight is 360 g/mol. The van der Waals surface area contributed by atoms with Crippen LogP contribution in [-0.4, -0.2) is 10.9 Å². The molecule has 0 spiro atoms. The van der Waals surface area contributed by atoms with E-state index in [4.69, 9.17) is 23.2 Å². The van der Waals surface area contributed by atoms with Gasteiger partial charge in [0.15, 0.2) is 0 Å². The summed E-state index contributed by atoms with van der Waals surface area (Å²) >= 11 is 15.4. The molecule has 2 aromatic rings. The van der Waals surface area contributed by atoms with Crippen molar-refractivity contribution in [3.63, 3.8) is 0 Å². The smallest absolute Gasteiger partial charge is 0.274 e. The number of nitrogens with one attached hydrogen (secondary N) is 1. The predicted octanol–water partition coefficient (Wildman–Crippen LogP) is 4.71. The van der Waals surface area contributed by atoms with E-state index in [-0.39, 0.29) is 11.6 Å². The van der Waals surface area contributed by atoms with Gasteiger partial charge < -0.3 is 5.32 Å². The van der Waals surface area contributed by atoms with Crippen LogP contribution < -0.4 is 5.32 Å². The molecule has 0 bridgehead atoms. The van der Waals surface area contributed by atoms with Gasteiger partial charge in [-0.05, 0) is 46.6 Å². The van der Waals surface area contributed by atoms with E-state index in [2.05, 4.69) is 26.2 Å². The summed E-state index contributed by atoms with van der Waals surface area (Å²) < 4.78 is 0.585. The Balaban J connectivity index is 2.32. The van der Waals surface area contributed by atoms with E-state index in [1.54, 1.807) is 30.3 Å². The molecule has 2 rings (SSSR count). The second-order valence-electron chi connectivity index (χ2n) is 3.85. The molecule has 1 aromatic heterocycles. The summed E-state index contributed by atoms with van der Waals surface area (Å²) in [5, 5.41) is 3.49. The summed E-state index contributed by atoms with van der Waals surface area (Å²) in [5.74, 6) is -0.365. The van der Waals surface area contributed by atoms with Crippen LogP contribution in [0.3, 0.4) is 0 Å². The summed E-state index contributed by atoms with van der Waals surface area (Å²) in [7, 11) is 0. The third-order valence-electron chi connectivity index (χ3n) is 2.47. The molecule has 1 heterocycles. The Morgan fingerprint density at radius 3 is 2.68 bits per heavy atom. The zero-order valence-corrected chi connectivity index (χ0v) is 13.0. The van der Waals surface area contributed by atoms with E-state index in [0.717, 1.165) is 5.56 Å². The fourth-order valence-corrected chi connectivity index (χ4v) is 2.29. The van der Waals surface area contributed by atoms with E-state index >= 15 is 0 Å². The highest BCUT2D eigenvalue weighted by Crippen LogP contribution is 2.33. The van der Waals surface area contributed by atoms with E-state index in [0.29, 0.717) is 20.3 Å². The van der Waals surface area contributed by atoms with Crippen molar-refractivity contribution < 1.29 is 4.79 Å². The molecule has 0 unspecified atom stereocenters. The van der Waals surface area contributed by atoms with Crippen LogP contribution in [0.2, 0.25) is 10.0 Å². The number of anilines is 1. The number of pyridine rings is 1. The summed E-state index contributed by atoms with van der Waals surface area (Å²) in [4.78, 5) is 16.1. The largest absolute Gasteiger partial charge is 0.318 e. The van der Waals surface area contributed by atoms with Gasteiger partial charge in [0.1, 0.15) is 10.3 Å². The van der Waals surface area contributed by atoms with Crippen LogP contribution in [0, 0.1) is 6.92 Å². The van der Waals surface area contributed by atoms with Gasteiger partial charge in [0.2, 0.25) is 0 Å². The van der Waals surface area contributed by atoms with Crippen molar-refractivity contribution in [2.24, 2.45) is 0 Å². The van der Waals surface area contributed by atoms with E-state index in [1.165, 1.54) is 0 Å². The Labute approximate surface area is 129 Å². The molecule has 19 heavy (non-hydrogen) atoms. The van der Waals surface area contributed by atoms with Gasteiger partial charge in [-0.3, -0.25) is 4.79 Å². The number of nitrogens with zero attached hydrogens (tertiary/aromatic N) is 1. The lowest BCUT2D eigenvalue weighted by molar-refractivity contribution is 0.102. The zero-order chi connectivity index (χ0) is 14.0. The zero-order valence-electron chi connectivity index (χ0n) is 9.88. The first-order chi connectivity index (χ1) is 8.99. The first kappa shape index (κ1) is 14.3. The number of hydrogen-bond acceptors (Lipinski definition) is 2. The Kier molecular flexibility index (Phi) is 4.45. The van der Waals surface area contributed by atoms with Crippen molar-refractivity contribution in [3.05, 3.63) is 56.2 Å². The van der Waals surface area contributed by atoms with E-state index in [9.17, 15) is 4.79 Å². The first-order valence-electron chi connectivity index (χ1n) is 5.37. The second-order valence-corrected chi connectivity index (χ2v) is 5.45. The number of amides is 1. The molecular weight excluding hydrogens is 351 g/mol. The number of hydrogen-bond donors (Lipinski definition) is 1. The maximum absolute atomic E-state index is 12.1. The van der Waals surface area contributed by atoms with Gasteiger partial charge >= 0.3 is 0 Å². The lowest BCUT2D eigenvalue weighted by Crippen LogP contribution is -2.14. The van der Waals surface area contributed by atoms with E-state index in [1.807, 2.05) is 6.92 Å². The number of benzene rings is 1. The molecule has 1 amide bonds. The molecule has 0 fully saturated rings. The van der Waals surface area contributed by atoms with Crippen LogP contribution in [0.4, 0.5) is 5.69 Å². The van der Waals surface area contributed by atoms with Gasteiger partial charge in [0.25, 0.3) is 5.91 Å². The highest BCUT2D eigenvalue weighted by Gasteiger charge is 2.14. The molecule has 1 aromatic carbocycles. The molecule has 0 radical (unpaired) electrons. The Bertz CT molecular complexity index is 647. The Morgan fingerprint density at radius 1 is 1.26 bits per heavy atom. The fourth-order valence-electron chi connectivity index (χ4n) is 1.48. The fraction of sp³-hybridized carbons (Fsp3) is 0.0769. The number of carbonyl (C=O) groups is 1. The van der Waals surface area contributed by atoms with Crippen LogP contribution in [0.5, 0.6) is 0 Å². The number of halogens is 3. The Morgan fingerprint density at radius 2 is 2.00 bits per heavy atom. The Hall–Kier alpha value is -1.10. The minimum atomic E-state index is -0.365. The highest BCUT2D eigenvalue weighted by atomic mass is 79.9. The van der Waals surface area contributed by atoms with Gasteiger partial charge in [-0.15, -0.1) is 0 Å². The molecule has 0 aliphatic rings. The highest BCUT2D eigenvalue weighted by molar-refractivity contribution is 9.10. The maximum atomic E-state index is 12.1. The lowest BCUT2D eigenvalue weighted by atomic mass is 10.2. The number of aryl methyl sites for hydroxylation is 1. The topological polar surface area (TPSA) is 42.0 Å². The number of rotatable bonds is 2. The normalized spacial score (nSPS) is 10.3. The van der Waals surface area contributed by atoms with E-state index < -0.39 is 0 Å². The van der Waals surface area contributed by atoms with Crippen LogP contribution in [0.25, 0.3) is 0 Å². The van der Waals surface area contributed by atoms with Crippen molar-refractivity contribution in [1.29, 1.82) is 0 Å². The molecular formula is C13H9BrCl2N2O. The van der Waals surface area contributed by atoms with Crippen molar-refractivity contribution in [3.8, 4) is 0 Å². The summed E-state index contributed by atoms with van der Waals surface area (Å²) in [6, 6.07) is 8.55. The van der Waals surface area contributed by atoms with Crippen LogP contribution in [0.15, 0.2) is 34.9 Å². The predicted molar refractivity (Wildman–Crippen MR) is 81.1 cm³/mol. The molecule has 1 N–H and O–H groups in total. The van der Waals surface area contributed by atoms with Gasteiger partial charge in [-0.2, -0.15) is 0 Å². The van der Waals surface area contributed by atoms with Crippen molar-refractivity contribution >= 4 is 50.7 Å². The lowest BCUT2D eigenvalue weighted by Gasteiger charge is -2.10.